The summed E-state index contributed by atoms with van der Waals surface area (Å²) in [6.07, 6.45) is 7.42. The Kier molecular flexibility index (Phi) is 4.72. The van der Waals surface area contributed by atoms with Gasteiger partial charge in [0.1, 0.15) is 5.52 Å². The third kappa shape index (κ3) is 3.14. The molecular formula is C15H24N6O. The van der Waals surface area contributed by atoms with Gasteiger partial charge in [0.2, 0.25) is 5.95 Å². The summed E-state index contributed by atoms with van der Waals surface area (Å²) >= 11 is 0. The van der Waals surface area contributed by atoms with Gasteiger partial charge in [-0.2, -0.15) is 9.97 Å². The van der Waals surface area contributed by atoms with Gasteiger partial charge in [-0.15, -0.1) is 0 Å². The minimum Gasteiger partial charge on any atom is -0.394 e. The summed E-state index contributed by atoms with van der Waals surface area (Å²) in [4.78, 5) is 18.9. The van der Waals surface area contributed by atoms with E-state index in [1.165, 1.54) is 25.7 Å². The number of anilines is 2. The molecule has 1 atom stereocenters. The Balaban J connectivity index is 1.94. The number of hydrogen-bond acceptors (Lipinski definition) is 6. The van der Waals surface area contributed by atoms with Gasteiger partial charge in [0.15, 0.2) is 11.5 Å². The number of aromatic nitrogens is 4. The van der Waals surface area contributed by atoms with Crippen molar-refractivity contribution in [3.05, 3.63) is 6.33 Å². The van der Waals surface area contributed by atoms with Gasteiger partial charge in [0.25, 0.3) is 0 Å². The minimum absolute atomic E-state index is 0.0339. The fraction of sp³-hybridized carbons (Fsp3) is 0.667. The first kappa shape index (κ1) is 15.0. The van der Waals surface area contributed by atoms with Crippen LogP contribution in [0.1, 0.15) is 39.0 Å². The van der Waals surface area contributed by atoms with Crippen LogP contribution in [-0.2, 0) is 0 Å². The zero-order valence-corrected chi connectivity index (χ0v) is 13.0. The predicted octanol–water partition coefficient (Wildman–Crippen LogP) is 1.92. The first-order valence-electron chi connectivity index (χ1n) is 8.15. The lowest BCUT2D eigenvalue weighted by Crippen LogP contribution is -2.27. The van der Waals surface area contributed by atoms with Gasteiger partial charge in [-0.25, -0.2) is 4.98 Å². The molecule has 0 aromatic carbocycles. The Bertz CT molecular complexity index is 601. The normalized spacial score (nSPS) is 17.5. The van der Waals surface area contributed by atoms with Crippen molar-refractivity contribution in [3.8, 4) is 0 Å². The number of aliphatic hydroxyl groups excluding tert-OH is 1. The van der Waals surface area contributed by atoms with Crippen molar-refractivity contribution in [2.75, 3.05) is 29.9 Å². The second-order valence-electron chi connectivity index (χ2n) is 5.81. The van der Waals surface area contributed by atoms with Gasteiger partial charge in [-0.3, -0.25) is 0 Å². The van der Waals surface area contributed by atoms with Gasteiger partial charge >= 0.3 is 0 Å². The highest BCUT2D eigenvalue weighted by Gasteiger charge is 2.18. The summed E-state index contributed by atoms with van der Waals surface area (Å²) < 4.78 is 0. The lowest BCUT2D eigenvalue weighted by Gasteiger charge is -2.23. The van der Waals surface area contributed by atoms with Crippen LogP contribution in [0.4, 0.5) is 11.8 Å². The molecular weight excluding hydrogens is 280 g/mol. The first-order valence-corrected chi connectivity index (χ1v) is 8.15. The molecule has 0 spiro atoms. The van der Waals surface area contributed by atoms with Crippen LogP contribution in [0.2, 0.25) is 0 Å². The van der Waals surface area contributed by atoms with Crippen LogP contribution in [0.25, 0.3) is 11.2 Å². The molecule has 0 radical (unpaired) electrons. The van der Waals surface area contributed by atoms with Crippen molar-refractivity contribution in [3.63, 3.8) is 0 Å². The van der Waals surface area contributed by atoms with Crippen molar-refractivity contribution in [2.24, 2.45) is 0 Å². The van der Waals surface area contributed by atoms with E-state index >= 15 is 0 Å². The van der Waals surface area contributed by atoms with Crippen molar-refractivity contribution in [1.29, 1.82) is 0 Å². The fourth-order valence-corrected chi connectivity index (χ4v) is 2.85. The average molecular weight is 304 g/mol. The maximum absolute atomic E-state index is 9.37. The molecule has 0 saturated carbocycles. The maximum atomic E-state index is 9.37. The Hall–Kier alpha value is -1.89. The van der Waals surface area contributed by atoms with Crippen molar-refractivity contribution in [2.45, 2.75) is 45.1 Å². The number of fused-ring (bicyclic) bond motifs is 1. The van der Waals surface area contributed by atoms with Crippen LogP contribution in [0.5, 0.6) is 0 Å². The van der Waals surface area contributed by atoms with E-state index in [2.05, 4.69) is 25.2 Å². The zero-order chi connectivity index (χ0) is 15.4. The quantitative estimate of drug-likeness (QED) is 0.782. The molecule has 3 N–H and O–H groups in total. The molecule has 3 heterocycles. The molecule has 2 aromatic rings. The maximum Gasteiger partial charge on any atom is 0.227 e. The van der Waals surface area contributed by atoms with E-state index < -0.39 is 0 Å². The number of nitrogens with one attached hydrogen (secondary N) is 2. The van der Waals surface area contributed by atoms with Gasteiger partial charge in [0, 0.05) is 13.1 Å². The van der Waals surface area contributed by atoms with E-state index in [1.807, 2.05) is 6.92 Å². The number of nitrogens with zero attached hydrogens (tertiary/aromatic N) is 4. The van der Waals surface area contributed by atoms with E-state index in [9.17, 15) is 5.11 Å². The zero-order valence-electron chi connectivity index (χ0n) is 13.0. The summed E-state index contributed by atoms with van der Waals surface area (Å²) in [7, 11) is 0. The lowest BCUT2D eigenvalue weighted by atomic mass is 10.2. The Labute approximate surface area is 130 Å². The molecule has 0 amide bonds. The van der Waals surface area contributed by atoms with Gasteiger partial charge in [0.05, 0.1) is 19.0 Å². The molecule has 1 aliphatic heterocycles. The molecule has 0 bridgehead atoms. The second kappa shape index (κ2) is 6.91. The van der Waals surface area contributed by atoms with E-state index in [4.69, 9.17) is 4.98 Å². The van der Waals surface area contributed by atoms with E-state index in [1.54, 1.807) is 6.33 Å². The fourth-order valence-electron chi connectivity index (χ4n) is 2.85. The van der Waals surface area contributed by atoms with E-state index in [0.29, 0.717) is 11.6 Å². The summed E-state index contributed by atoms with van der Waals surface area (Å²) in [6.45, 7) is 4.12. The van der Waals surface area contributed by atoms with Gasteiger partial charge in [-0.1, -0.05) is 19.8 Å². The molecule has 1 unspecified atom stereocenters. The monoisotopic (exact) mass is 304 g/mol. The molecule has 120 valence electrons. The molecule has 7 nitrogen and oxygen atoms in total. The second-order valence-corrected chi connectivity index (χ2v) is 5.81. The lowest BCUT2D eigenvalue weighted by molar-refractivity contribution is 0.271. The Morgan fingerprint density at radius 3 is 2.73 bits per heavy atom. The van der Waals surface area contributed by atoms with Crippen LogP contribution in [0, 0.1) is 0 Å². The summed E-state index contributed by atoms with van der Waals surface area (Å²) in [5.41, 5.74) is 1.56. The highest BCUT2D eigenvalue weighted by Crippen LogP contribution is 2.25. The molecule has 1 aliphatic rings. The number of imidazole rings is 1. The molecule has 1 fully saturated rings. The van der Waals surface area contributed by atoms with Crippen LogP contribution >= 0.6 is 0 Å². The standard InChI is InChI=1S/C15H24N6O/c1-2-11(9-22)18-15-19-13-12(16-10-17-13)14(20-15)21-7-5-3-4-6-8-21/h10-11,22H,2-9H2,1H3,(H2,16,17,18,19,20). The largest absolute Gasteiger partial charge is 0.394 e. The van der Waals surface area contributed by atoms with Crippen molar-refractivity contribution in [1.82, 2.24) is 19.9 Å². The first-order chi connectivity index (χ1) is 10.8. The molecule has 1 saturated heterocycles. The molecule has 0 aliphatic carbocycles. The van der Waals surface area contributed by atoms with Crippen molar-refractivity contribution >= 4 is 22.9 Å². The number of aliphatic hydroxyl groups is 1. The third-order valence-corrected chi connectivity index (χ3v) is 4.22. The predicted molar refractivity (Wildman–Crippen MR) is 87.2 cm³/mol. The molecule has 7 heteroatoms. The van der Waals surface area contributed by atoms with E-state index in [0.717, 1.165) is 30.8 Å². The summed E-state index contributed by atoms with van der Waals surface area (Å²) in [5, 5.41) is 12.6. The topological polar surface area (TPSA) is 90.0 Å². The highest BCUT2D eigenvalue weighted by atomic mass is 16.3. The highest BCUT2D eigenvalue weighted by molar-refractivity contribution is 5.84. The summed E-state index contributed by atoms with van der Waals surface area (Å²) in [6, 6.07) is -0.0339. The van der Waals surface area contributed by atoms with Crippen LogP contribution in [0.3, 0.4) is 0 Å². The summed E-state index contributed by atoms with van der Waals surface area (Å²) in [5.74, 6) is 1.46. The van der Waals surface area contributed by atoms with Crippen LogP contribution < -0.4 is 10.2 Å². The molecule has 3 rings (SSSR count). The van der Waals surface area contributed by atoms with Crippen LogP contribution in [0.15, 0.2) is 6.33 Å². The Morgan fingerprint density at radius 1 is 1.27 bits per heavy atom. The average Bonchev–Trinajstić information content (AvgIpc) is 2.85. The molecule has 22 heavy (non-hydrogen) atoms. The minimum atomic E-state index is -0.0339. The number of aromatic amines is 1. The number of rotatable bonds is 5. The van der Waals surface area contributed by atoms with E-state index in [-0.39, 0.29) is 12.6 Å². The SMILES string of the molecule is CCC(CO)Nc1nc(N2CCCCCC2)c2[nH]cnc2n1. The van der Waals surface area contributed by atoms with Gasteiger partial charge < -0.3 is 20.3 Å². The third-order valence-electron chi connectivity index (χ3n) is 4.22. The number of hydrogen-bond donors (Lipinski definition) is 3. The number of H-pyrrole nitrogens is 1. The smallest absolute Gasteiger partial charge is 0.227 e. The Morgan fingerprint density at radius 2 is 2.05 bits per heavy atom. The van der Waals surface area contributed by atoms with Crippen molar-refractivity contribution < 1.29 is 5.11 Å². The molecule has 2 aromatic heterocycles. The van der Waals surface area contributed by atoms with Gasteiger partial charge in [-0.05, 0) is 19.3 Å². The van der Waals surface area contributed by atoms with Crippen LogP contribution in [-0.4, -0.2) is 50.8 Å².